The lowest BCUT2D eigenvalue weighted by molar-refractivity contribution is 0.0991. The highest BCUT2D eigenvalue weighted by Gasteiger charge is 2.21. The number of primary amides is 2. The van der Waals surface area contributed by atoms with E-state index < -0.39 is 23.6 Å². The molecule has 4 aromatic heterocycles. The summed E-state index contributed by atoms with van der Waals surface area (Å²) >= 11 is 0. The molecule has 0 aliphatic rings. The first-order chi connectivity index (χ1) is 23.6. The third kappa shape index (κ3) is 6.41. The first kappa shape index (κ1) is 31.7. The quantitative estimate of drug-likeness (QED) is 0.124. The number of nitrogens with one attached hydrogen (secondary N) is 2. The summed E-state index contributed by atoms with van der Waals surface area (Å²) in [5, 5.41) is 31.3. The Hall–Kier alpha value is -7.24. The lowest BCUT2D eigenvalue weighted by Crippen LogP contribution is -2.17. The van der Waals surface area contributed by atoms with Crippen LogP contribution in [0.2, 0.25) is 0 Å². The highest BCUT2D eigenvalue weighted by Crippen LogP contribution is 2.32. The number of ether oxygens (including phenoxy) is 1. The number of hydrogen-bond acceptors (Lipinski definition) is 12. The summed E-state index contributed by atoms with van der Waals surface area (Å²) in [6, 6.07) is 10.1. The van der Waals surface area contributed by atoms with Crippen LogP contribution in [0.1, 0.15) is 41.6 Å². The average Bonchev–Trinajstić information content (AvgIpc) is 3.63. The maximum atomic E-state index is 13.0. The fourth-order valence-electron chi connectivity index (χ4n) is 5.01. The number of nitrogens with zero attached hydrogens (tertiary/aromatic N) is 8. The topological polar surface area (TPSA) is 261 Å². The number of anilines is 2. The van der Waals surface area contributed by atoms with Crippen LogP contribution in [0.4, 0.5) is 11.9 Å². The molecule has 0 aliphatic heterocycles. The minimum atomic E-state index is -0.772. The number of aromatic hydroxyl groups is 1. The van der Waals surface area contributed by atoms with E-state index in [0.717, 1.165) is 0 Å². The molecule has 7 N–H and O–H groups in total. The number of benzene rings is 2. The van der Waals surface area contributed by atoms with E-state index in [1.165, 1.54) is 66.7 Å². The van der Waals surface area contributed by atoms with Crippen LogP contribution in [0.5, 0.6) is 11.5 Å². The summed E-state index contributed by atoms with van der Waals surface area (Å²) in [5.74, 6) is -2.43. The van der Waals surface area contributed by atoms with Crippen molar-refractivity contribution < 1.29 is 29.0 Å². The standard InChI is InChI=1S/C31H26N12O6/c1-49-23-14-18(27(33)46)12-21-25(23)43(30(38-21)39-28(47)16-6-8-34-36-15-16)10-3-2-9-42-24-20(11-17(26(32)45)13-22(24)44)37-31(42)40-29(48)19-5-4-7-35-41-19/h2-8,11-15,44H,9-10H2,1H3,(H2,32,45)(H2,33,46)(H,37,40,48)(H,38,39,47)/b3-2+. The molecule has 2 aromatic carbocycles. The SMILES string of the molecule is COc1cc(C(N)=O)cc2nc(NC(=O)c3ccnnc3)n(C/C=C/Cn3c(NC(=O)c4cccnn4)nc4cc(C(N)=O)cc(O)c43)c12. The van der Waals surface area contributed by atoms with Gasteiger partial charge < -0.3 is 30.4 Å². The molecule has 0 spiro atoms. The predicted molar refractivity (Wildman–Crippen MR) is 174 cm³/mol. The third-order valence-corrected chi connectivity index (χ3v) is 7.26. The summed E-state index contributed by atoms with van der Waals surface area (Å²) in [7, 11) is 1.42. The Balaban J connectivity index is 1.37. The van der Waals surface area contributed by atoms with Gasteiger partial charge in [-0.25, -0.2) is 9.97 Å². The molecule has 0 unspecified atom stereocenters. The number of nitrogens with two attached hydrogens (primary N) is 2. The van der Waals surface area contributed by atoms with Crippen LogP contribution in [-0.4, -0.2) is 75.3 Å². The number of rotatable bonds is 11. The molecule has 18 heteroatoms. The van der Waals surface area contributed by atoms with Gasteiger partial charge in [-0.1, -0.05) is 12.2 Å². The first-order valence-corrected chi connectivity index (χ1v) is 14.4. The lowest BCUT2D eigenvalue weighted by atomic mass is 10.1. The highest BCUT2D eigenvalue weighted by atomic mass is 16.5. The van der Waals surface area contributed by atoms with Crippen LogP contribution < -0.4 is 26.8 Å². The molecular formula is C31H26N12O6. The molecule has 246 valence electrons. The van der Waals surface area contributed by atoms with E-state index in [2.05, 4.69) is 41.0 Å². The van der Waals surface area contributed by atoms with Crippen molar-refractivity contribution >= 4 is 57.6 Å². The van der Waals surface area contributed by atoms with Gasteiger partial charge in [0.1, 0.15) is 22.5 Å². The molecule has 0 aliphatic carbocycles. The molecule has 0 atom stereocenters. The van der Waals surface area contributed by atoms with E-state index >= 15 is 0 Å². The largest absolute Gasteiger partial charge is 0.506 e. The zero-order chi connectivity index (χ0) is 34.7. The van der Waals surface area contributed by atoms with E-state index in [-0.39, 0.29) is 69.9 Å². The molecule has 6 aromatic rings. The number of imidazole rings is 2. The van der Waals surface area contributed by atoms with E-state index in [1.54, 1.807) is 22.8 Å². The maximum Gasteiger partial charge on any atom is 0.278 e. The van der Waals surface area contributed by atoms with Gasteiger partial charge in [-0.05, 0) is 42.5 Å². The second-order valence-electron chi connectivity index (χ2n) is 10.3. The van der Waals surface area contributed by atoms with Crippen LogP contribution in [0, 0.1) is 0 Å². The number of amides is 4. The van der Waals surface area contributed by atoms with Crippen LogP contribution in [0.25, 0.3) is 22.1 Å². The zero-order valence-corrected chi connectivity index (χ0v) is 25.6. The Kier molecular flexibility index (Phi) is 8.57. The van der Waals surface area contributed by atoms with Gasteiger partial charge in [0.15, 0.2) is 5.69 Å². The minimum absolute atomic E-state index is 0.0227. The molecule has 49 heavy (non-hydrogen) atoms. The Morgan fingerprint density at radius 1 is 0.796 bits per heavy atom. The van der Waals surface area contributed by atoms with E-state index in [4.69, 9.17) is 16.2 Å². The van der Waals surface area contributed by atoms with Gasteiger partial charge in [-0.3, -0.25) is 29.8 Å². The summed E-state index contributed by atoms with van der Waals surface area (Å²) in [6.07, 6.45) is 7.55. The van der Waals surface area contributed by atoms with Crippen LogP contribution >= 0.6 is 0 Å². The zero-order valence-electron chi connectivity index (χ0n) is 25.6. The number of fused-ring (bicyclic) bond motifs is 2. The van der Waals surface area contributed by atoms with Crippen molar-refractivity contribution in [2.75, 3.05) is 17.7 Å². The summed E-state index contributed by atoms with van der Waals surface area (Å²) in [4.78, 5) is 58.8. The van der Waals surface area contributed by atoms with Gasteiger partial charge in [0.25, 0.3) is 11.8 Å². The Labute approximate surface area is 275 Å². The molecule has 0 saturated heterocycles. The minimum Gasteiger partial charge on any atom is -0.506 e. The van der Waals surface area contributed by atoms with Gasteiger partial charge in [0.2, 0.25) is 23.7 Å². The molecule has 0 fully saturated rings. The van der Waals surface area contributed by atoms with E-state index in [0.29, 0.717) is 11.0 Å². The van der Waals surface area contributed by atoms with Crippen molar-refractivity contribution in [1.29, 1.82) is 0 Å². The molecule has 0 radical (unpaired) electrons. The van der Waals surface area contributed by atoms with Crippen molar-refractivity contribution in [1.82, 2.24) is 39.5 Å². The van der Waals surface area contributed by atoms with Crippen molar-refractivity contribution in [3.63, 3.8) is 0 Å². The number of aromatic nitrogens is 8. The summed E-state index contributed by atoms with van der Waals surface area (Å²) in [5.41, 5.74) is 12.6. The second-order valence-corrected chi connectivity index (χ2v) is 10.3. The first-order valence-electron chi connectivity index (χ1n) is 14.4. The van der Waals surface area contributed by atoms with Gasteiger partial charge in [-0.15, -0.1) is 5.10 Å². The maximum absolute atomic E-state index is 13.0. The molecule has 18 nitrogen and oxygen atoms in total. The van der Waals surface area contributed by atoms with Gasteiger partial charge in [0.05, 0.1) is 36.1 Å². The Morgan fingerprint density at radius 3 is 2.02 bits per heavy atom. The number of phenols is 1. The smallest absolute Gasteiger partial charge is 0.278 e. The van der Waals surface area contributed by atoms with Gasteiger partial charge in [-0.2, -0.15) is 15.3 Å². The number of phenolic OH excluding ortho intramolecular Hbond substituents is 1. The van der Waals surface area contributed by atoms with Crippen LogP contribution in [-0.2, 0) is 13.1 Å². The second kappa shape index (κ2) is 13.2. The van der Waals surface area contributed by atoms with E-state index in [1.807, 2.05) is 0 Å². The van der Waals surface area contributed by atoms with Gasteiger partial charge in [0, 0.05) is 30.4 Å². The summed E-state index contributed by atoms with van der Waals surface area (Å²) in [6.45, 7) is 0.189. The Bertz CT molecular complexity index is 2280. The van der Waals surface area contributed by atoms with Crippen LogP contribution in [0.15, 0.2) is 73.2 Å². The molecule has 4 heterocycles. The molecule has 0 saturated carbocycles. The molecular weight excluding hydrogens is 636 g/mol. The fourth-order valence-corrected chi connectivity index (χ4v) is 5.01. The third-order valence-electron chi connectivity index (χ3n) is 7.26. The van der Waals surface area contributed by atoms with Crippen LogP contribution in [0.3, 0.4) is 0 Å². The fraction of sp³-hybridized carbons (Fsp3) is 0.0968. The number of methoxy groups -OCH3 is 1. The Morgan fingerprint density at radius 2 is 1.43 bits per heavy atom. The van der Waals surface area contributed by atoms with Crippen molar-refractivity contribution in [3.8, 4) is 11.5 Å². The number of carbonyl (C=O) groups is 4. The molecule has 0 bridgehead atoms. The number of carbonyl (C=O) groups excluding carboxylic acids is 4. The highest BCUT2D eigenvalue weighted by molar-refractivity contribution is 6.05. The van der Waals surface area contributed by atoms with E-state index in [9.17, 15) is 24.3 Å². The summed E-state index contributed by atoms with van der Waals surface area (Å²) < 4.78 is 8.73. The van der Waals surface area contributed by atoms with Crippen molar-refractivity contribution in [2.45, 2.75) is 13.1 Å². The van der Waals surface area contributed by atoms with Crippen molar-refractivity contribution in [2.24, 2.45) is 11.5 Å². The number of hydrogen-bond donors (Lipinski definition) is 5. The average molecular weight is 663 g/mol. The monoisotopic (exact) mass is 662 g/mol. The lowest BCUT2D eigenvalue weighted by Gasteiger charge is -2.11. The molecule has 4 amide bonds. The normalized spacial score (nSPS) is 11.2. The number of allylic oxidation sites excluding steroid dienone is 2. The van der Waals surface area contributed by atoms with Crippen molar-refractivity contribution in [3.05, 3.63) is 95.6 Å². The predicted octanol–water partition coefficient (Wildman–Crippen LogP) is 1.64. The van der Waals surface area contributed by atoms with Gasteiger partial charge >= 0.3 is 0 Å². The molecule has 6 rings (SSSR count).